The molecule has 0 aliphatic rings. The number of carbonyl (C=O) groups excluding carboxylic acids is 1. The Labute approximate surface area is 105 Å². The van der Waals surface area contributed by atoms with Gasteiger partial charge < -0.3 is 5.32 Å². The van der Waals surface area contributed by atoms with Crippen molar-refractivity contribution in [3.05, 3.63) is 35.4 Å². The lowest BCUT2D eigenvalue weighted by molar-refractivity contribution is -0.120. The number of halogens is 2. The first-order chi connectivity index (χ1) is 8.54. The summed E-state index contributed by atoms with van der Waals surface area (Å²) in [7, 11) is 0. The quantitative estimate of drug-likeness (QED) is 0.614. The van der Waals surface area contributed by atoms with E-state index in [9.17, 15) is 13.6 Å². The zero-order valence-corrected chi connectivity index (χ0v) is 9.97. The zero-order chi connectivity index (χ0) is 13.5. The molecule has 0 radical (unpaired) electrons. The molecule has 1 atom stereocenters. The SMILES string of the molecule is C#CCNCC(=O)NC(C)c1ccc(F)c(F)c1. The van der Waals surface area contributed by atoms with Crippen LogP contribution in [-0.2, 0) is 4.79 Å². The average Bonchev–Trinajstić information content (AvgIpc) is 2.33. The van der Waals surface area contributed by atoms with Crippen LogP contribution in [0.4, 0.5) is 8.78 Å². The van der Waals surface area contributed by atoms with Gasteiger partial charge in [0.1, 0.15) is 0 Å². The lowest BCUT2D eigenvalue weighted by Crippen LogP contribution is -2.35. The highest BCUT2D eigenvalue weighted by molar-refractivity contribution is 5.78. The predicted octanol–water partition coefficient (Wildman–Crippen LogP) is 1.36. The molecule has 0 saturated carbocycles. The number of carbonyl (C=O) groups is 1. The number of terminal acetylenes is 1. The summed E-state index contributed by atoms with van der Waals surface area (Å²) >= 11 is 0. The monoisotopic (exact) mass is 252 g/mol. The number of amides is 1. The molecular weight excluding hydrogens is 238 g/mol. The van der Waals surface area contributed by atoms with E-state index in [0.29, 0.717) is 12.1 Å². The smallest absolute Gasteiger partial charge is 0.234 e. The van der Waals surface area contributed by atoms with Crippen molar-refractivity contribution in [2.45, 2.75) is 13.0 Å². The van der Waals surface area contributed by atoms with Crippen LogP contribution in [0.1, 0.15) is 18.5 Å². The van der Waals surface area contributed by atoms with E-state index in [4.69, 9.17) is 6.42 Å². The number of rotatable bonds is 5. The summed E-state index contributed by atoms with van der Waals surface area (Å²) in [5.74, 6) is 0.237. The first-order valence-electron chi connectivity index (χ1n) is 5.43. The van der Waals surface area contributed by atoms with Gasteiger partial charge in [0.25, 0.3) is 0 Å². The first-order valence-corrected chi connectivity index (χ1v) is 5.43. The van der Waals surface area contributed by atoms with Crippen LogP contribution in [0.15, 0.2) is 18.2 Å². The molecule has 1 aromatic carbocycles. The summed E-state index contributed by atoms with van der Waals surface area (Å²) in [5.41, 5.74) is 0.499. The van der Waals surface area contributed by atoms with Crippen LogP contribution in [0.25, 0.3) is 0 Å². The van der Waals surface area contributed by atoms with E-state index in [1.54, 1.807) is 6.92 Å². The molecule has 2 N–H and O–H groups in total. The second-order valence-electron chi connectivity index (χ2n) is 3.77. The maximum Gasteiger partial charge on any atom is 0.234 e. The Bertz CT molecular complexity index is 469. The third kappa shape index (κ3) is 4.15. The highest BCUT2D eigenvalue weighted by Crippen LogP contribution is 2.15. The molecule has 0 saturated heterocycles. The minimum atomic E-state index is -0.931. The third-order valence-electron chi connectivity index (χ3n) is 2.33. The molecule has 1 rings (SSSR count). The maximum atomic E-state index is 13.0. The fourth-order valence-electron chi connectivity index (χ4n) is 1.41. The van der Waals surface area contributed by atoms with Crippen LogP contribution in [0, 0.1) is 24.0 Å². The fourth-order valence-corrected chi connectivity index (χ4v) is 1.41. The van der Waals surface area contributed by atoms with Gasteiger partial charge >= 0.3 is 0 Å². The van der Waals surface area contributed by atoms with Gasteiger partial charge in [-0.05, 0) is 24.6 Å². The molecule has 0 aromatic heterocycles. The topological polar surface area (TPSA) is 41.1 Å². The van der Waals surface area contributed by atoms with Crippen molar-refractivity contribution in [1.82, 2.24) is 10.6 Å². The van der Waals surface area contributed by atoms with Crippen molar-refractivity contribution in [2.75, 3.05) is 13.1 Å². The molecule has 0 aliphatic carbocycles. The molecule has 0 bridgehead atoms. The number of hydrogen-bond donors (Lipinski definition) is 2. The standard InChI is InChI=1S/C13H14F2N2O/c1-3-6-16-8-13(18)17-9(2)10-4-5-11(14)12(15)7-10/h1,4-5,7,9,16H,6,8H2,2H3,(H,17,18). The predicted molar refractivity (Wildman–Crippen MR) is 64.6 cm³/mol. The normalized spacial score (nSPS) is 11.7. The van der Waals surface area contributed by atoms with E-state index in [-0.39, 0.29) is 12.5 Å². The molecule has 0 aliphatic heterocycles. The number of benzene rings is 1. The van der Waals surface area contributed by atoms with Crippen LogP contribution in [-0.4, -0.2) is 19.0 Å². The summed E-state index contributed by atoms with van der Waals surface area (Å²) in [5, 5.41) is 5.37. The first kappa shape index (κ1) is 14.1. The molecule has 18 heavy (non-hydrogen) atoms. The molecule has 0 heterocycles. The van der Waals surface area contributed by atoms with Gasteiger partial charge in [0, 0.05) is 0 Å². The molecule has 1 unspecified atom stereocenters. The van der Waals surface area contributed by atoms with E-state index >= 15 is 0 Å². The van der Waals surface area contributed by atoms with Crippen molar-refractivity contribution in [2.24, 2.45) is 0 Å². The molecule has 3 nitrogen and oxygen atoms in total. The Morgan fingerprint density at radius 1 is 1.44 bits per heavy atom. The Hall–Kier alpha value is -1.93. The largest absolute Gasteiger partial charge is 0.348 e. The van der Waals surface area contributed by atoms with Gasteiger partial charge in [0.05, 0.1) is 19.1 Å². The molecule has 1 amide bonds. The van der Waals surface area contributed by atoms with E-state index in [1.165, 1.54) is 6.07 Å². The number of hydrogen-bond acceptors (Lipinski definition) is 2. The third-order valence-corrected chi connectivity index (χ3v) is 2.33. The van der Waals surface area contributed by atoms with Crippen LogP contribution in [0.2, 0.25) is 0 Å². The lowest BCUT2D eigenvalue weighted by Gasteiger charge is -2.14. The molecular formula is C13H14F2N2O. The minimum absolute atomic E-state index is 0.0816. The second-order valence-corrected chi connectivity index (χ2v) is 3.77. The van der Waals surface area contributed by atoms with Gasteiger partial charge in [-0.1, -0.05) is 12.0 Å². The van der Waals surface area contributed by atoms with Gasteiger partial charge in [-0.2, -0.15) is 0 Å². The Morgan fingerprint density at radius 2 is 2.17 bits per heavy atom. The molecule has 5 heteroatoms. The summed E-state index contributed by atoms with van der Waals surface area (Å²) in [6.07, 6.45) is 5.02. The highest BCUT2D eigenvalue weighted by atomic mass is 19.2. The second kappa shape index (κ2) is 6.72. The summed E-state index contributed by atoms with van der Waals surface area (Å²) in [4.78, 5) is 11.4. The van der Waals surface area contributed by atoms with Gasteiger partial charge in [0.2, 0.25) is 5.91 Å². The van der Waals surface area contributed by atoms with Gasteiger partial charge in [-0.3, -0.25) is 10.1 Å². The van der Waals surface area contributed by atoms with Crippen LogP contribution < -0.4 is 10.6 Å². The Morgan fingerprint density at radius 3 is 2.78 bits per heavy atom. The summed E-state index contributed by atoms with van der Waals surface area (Å²) in [6, 6.07) is 3.12. The fraction of sp³-hybridized carbons (Fsp3) is 0.308. The molecule has 0 spiro atoms. The Kier molecular flexibility index (Phi) is 5.28. The molecule has 1 aromatic rings. The minimum Gasteiger partial charge on any atom is -0.348 e. The van der Waals surface area contributed by atoms with Crippen molar-refractivity contribution in [3.63, 3.8) is 0 Å². The van der Waals surface area contributed by atoms with Gasteiger partial charge in [0.15, 0.2) is 11.6 Å². The van der Waals surface area contributed by atoms with Gasteiger partial charge in [-0.15, -0.1) is 6.42 Å². The zero-order valence-electron chi connectivity index (χ0n) is 9.97. The maximum absolute atomic E-state index is 13.0. The van der Waals surface area contributed by atoms with E-state index < -0.39 is 17.7 Å². The van der Waals surface area contributed by atoms with Crippen LogP contribution in [0.5, 0.6) is 0 Å². The highest BCUT2D eigenvalue weighted by Gasteiger charge is 2.11. The van der Waals surface area contributed by atoms with Crippen LogP contribution >= 0.6 is 0 Å². The summed E-state index contributed by atoms with van der Waals surface area (Å²) < 4.78 is 25.7. The van der Waals surface area contributed by atoms with E-state index in [2.05, 4.69) is 16.6 Å². The summed E-state index contributed by atoms with van der Waals surface area (Å²) in [6.45, 7) is 2.07. The van der Waals surface area contributed by atoms with Crippen LogP contribution in [0.3, 0.4) is 0 Å². The molecule has 96 valence electrons. The van der Waals surface area contributed by atoms with Gasteiger partial charge in [-0.25, -0.2) is 8.78 Å². The number of nitrogens with one attached hydrogen (secondary N) is 2. The average molecular weight is 252 g/mol. The van der Waals surface area contributed by atoms with Crippen molar-refractivity contribution in [1.29, 1.82) is 0 Å². The van der Waals surface area contributed by atoms with Crippen molar-refractivity contribution in [3.8, 4) is 12.3 Å². The van der Waals surface area contributed by atoms with Crippen molar-refractivity contribution < 1.29 is 13.6 Å². The lowest BCUT2D eigenvalue weighted by atomic mass is 10.1. The van der Waals surface area contributed by atoms with E-state index in [0.717, 1.165) is 12.1 Å². The Balaban J connectivity index is 2.54. The molecule has 0 fully saturated rings. The van der Waals surface area contributed by atoms with Crippen molar-refractivity contribution >= 4 is 5.91 Å². The van der Waals surface area contributed by atoms with E-state index in [1.807, 2.05) is 0 Å².